The van der Waals surface area contributed by atoms with E-state index in [1.165, 1.54) is 16.7 Å². The van der Waals surface area contributed by atoms with E-state index in [9.17, 15) is 0 Å². The van der Waals surface area contributed by atoms with E-state index in [1.54, 1.807) is 7.11 Å². The SMILES string of the molecule is COc1cc(C)c(C2(CCC(C)N)COC2)cc1C. The van der Waals surface area contributed by atoms with Crippen LogP contribution in [0.3, 0.4) is 0 Å². The van der Waals surface area contributed by atoms with Crippen molar-refractivity contribution in [2.75, 3.05) is 20.3 Å². The maximum Gasteiger partial charge on any atom is 0.122 e. The van der Waals surface area contributed by atoms with Crippen LogP contribution in [0.15, 0.2) is 12.1 Å². The van der Waals surface area contributed by atoms with Crippen LogP contribution in [0.1, 0.15) is 36.5 Å². The summed E-state index contributed by atoms with van der Waals surface area (Å²) in [4.78, 5) is 0. The molecule has 1 aliphatic heterocycles. The molecule has 1 saturated heterocycles. The number of aryl methyl sites for hydroxylation is 2. The number of hydrogen-bond donors (Lipinski definition) is 1. The Morgan fingerprint density at radius 1 is 1.32 bits per heavy atom. The minimum absolute atomic E-state index is 0.161. The molecule has 1 fully saturated rings. The third-order valence-electron chi connectivity index (χ3n) is 4.15. The van der Waals surface area contributed by atoms with Crippen molar-refractivity contribution in [3.63, 3.8) is 0 Å². The number of hydrogen-bond acceptors (Lipinski definition) is 3. The van der Waals surface area contributed by atoms with Gasteiger partial charge in [0.05, 0.1) is 20.3 Å². The average molecular weight is 263 g/mol. The van der Waals surface area contributed by atoms with Gasteiger partial charge in [0, 0.05) is 11.5 Å². The van der Waals surface area contributed by atoms with Gasteiger partial charge in [-0.3, -0.25) is 0 Å². The first kappa shape index (κ1) is 14.4. The lowest BCUT2D eigenvalue weighted by Gasteiger charge is -2.43. The highest BCUT2D eigenvalue weighted by molar-refractivity contribution is 5.45. The van der Waals surface area contributed by atoms with E-state index in [4.69, 9.17) is 15.2 Å². The molecule has 1 aliphatic rings. The molecule has 3 heteroatoms. The quantitative estimate of drug-likeness (QED) is 0.888. The number of methoxy groups -OCH3 is 1. The molecule has 1 aromatic carbocycles. The van der Waals surface area contributed by atoms with E-state index in [1.807, 2.05) is 0 Å². The fourth-order valence-corrected chi connectivity index (χ4v) is 2.87. The molecule has 0 saturated carbocycles. The van der Waals surface area contributed by atoms with Gasteiger partial charge in [-0.15, -0.1) is 0 Å². The Kier molecular flexibility index (Phi) is 4.16. The summed E-state index contributed by atoms with van der Waals surface area (Å²) in [6.07, 6.45) is 2.13. The molecule has 1 unspecified atom stereocenters. The third kappa shape index (κ3) is 2.77. The van der Waals surface area contributed by atoms with Crippen molar-refractivity contribution in [2.45, 2.75) is 45.1 Å². The van der Waals surface area contributed by atoms with Gasteiger partial charge in [0.2, 0.25) is 0 Å². The van der Waals surface area contributed by atoms with Gasteiger partial charge in [-0.25, -0.2) is 0 Å². The molecule has 1 heterocycles. The predicted octanol–water partition coefficient (Wildman–Crippen LogP) is 2.71. The standard InChI is InChI=1S/C16H25NO2/c1-11-8-15(18-4)12(2)7-14(11)16(9-19-10-16)6-5-13(3)17/h7-8,13H,5-6,9-10,17H2,1-4H3. The Balaban J connectivity index is 2.30. The molecule has 0 spiro atoms. The van der Waals surface area contributed by atoms with Crippen LogP contribution in [0.4, 0.5) is 0 Å². The van der Waals surface area contributed by atoms with Crippen LogP contribution in [-0.4, -0.2) is 26.4 Å². The molecular weight excluding hydrogens is 238 g/mol. The molecule has 0 bridgehead atoms. The van der Waals surface area contributed by atoms with Gasteiger partial charge in [0.15, 0.2) is 0 Å². The van der Waals surface area contributed by atoms with Crippen LogP contribution in [0.5, 0.6) is 5.75 Å². The van der Waals surface area contributed by atoms with Crippen molar-refractivity contribution in [1.29, 1.82) is 0 Å². The molecule has 0 aromatic heterocycles. The van der Waals surface area contributed by atoms with Gasteiger partial charge in [0.25, 0.3) is 0 Å². The second-order valence-corrected chi connectivity index (χ2v) is 5.93. The maximum atomic E-state index is 5.91. The van der Waals surface area contributed by atoms with Gasteiger partial charge in [0.1, 0.15) is 5.75 Å². The molecule has 3 nitrogen and oxygen atoms in total. The van der Waals surface area contributed by atoms with Crippen molar-refractivity contribution in [1.82, 2.24) is 0 Å². The molecule has 19 heavy (non-hydrogen) atoms. The summed E-state index contributed by atoms with van der Waals surface area (Å²) in [5.41, 5.74) is 9.95. The largest absolute Gasteiger partial charge is 0.496 e. The Hall–Kier alpha value is -1.06. The average Bonchev–Trinajstić information content (AvgIpc) is 2.31. The monoisotopic (exact) mass is 263 g/mol. The fraction of sp³-hybridized carbons (Fsp3) is 0.625. The normalized spacial score (nSPS) is 18.8. The number of ether oxygens (including phenoxy) is 2. The summed E-state index contributed by atoms with van der Waals surface area (Å²) >= 11 is 0. The third-order valence-corrected chi connectivity index (χ3v) is 4.15. The van der Waals surface area contributed by atoms with Gasteiger partial charge >= 0.3 is 0 Å². The molecule has 0 amide bonds. The molecule has 2 N–H and O–H groups in total. The van der Waals surface area contributed by atoms with Gasteiger partial charge < -0.3 is 15.2 Å². The Morgan fingerprint density at radius 2 is 2.00 bits per heavy atom. The van der Waals surface area contributed by atoms with Crippen LogP contribution >= 0.6 is 0 Å². The van der Waals surface area contributed by atoms with Crippen LogP contribution in [0, 0.1) is 13.8 Å². The summed E-state index contributed by atoms with van der Waals surface area (Å²) in [7, 11) is 1.72. The lowest BCUT2D eigenvalue weighted by molar-refractivity contribution is -0.0660. The van der Waals surface area contributed by atoms with E-state index in [0.29, 0.717) is 0 Å². The lowest BCUT2D eigenvalue weighted by atomic mass is 9.72. The number of rotatable bonds is 5. The minimum atomic E-state index is 0.161. The predicted molar refractivity (Wildman–Crippen MR) is 77.8 cm³/mol. The zero-order valence-electron chi connectivity index (χ0n) is 12.5. The summed E-state index contributed by atoms with van der Waals surface area (Å²) in [5.74, 6) is 0.962. The highest BCUT2D eigenvalue weighted by Gasteiger charge is 2.41. The Labute approximate surface area is 116 Å². The van der Waals surface area contributed by atoms with E-state index in [2.05, 4.69) is 32.9 Å². The maximum absolute atomic E-state index is 5.91. The van der Waals surface area contributed by atoms with Crippen LogP contribution in [0.25, 0.3) is 0 Å². The van der Waals surface area contributed by atoms with E-state index in [-0.39, 0.29) is 11.5 Å². The van der Waals surface area contributed by atoms with E-state index in [0.717, 1.165) is 31.8 Å². The van der Waals surface area contributed by atoms with Gasteiger partial charge in [-0.1, -0.05) is 6.07 Å². The Morgan fingerprint density at radius 3 is 2.47 bits per heavy atom. The van der Waals surface area contributed by atoms with E-state index >= 15 is 0 Å². The van der Waals surface area contributed by atoms with E-state index < -0.39 is 0 Å². The highest BCUT2D eigenvalue weighted by Crippen LogP contribution is 2.40. The molecule has 1 atom stereocenters. The summed E-state index contributed by atoms with van der Waals surface area (Å²) in [6, 6.07) is 4.64. The zero-order chi connectivity index (χ0) is 14.0. The first-order chi connectivity index (χ1) is 8.98. The van der Waals surface area contributed by atoms with Crippen molar-refractivity contribution in [2.24, 2.45) is 5.73 Å². The minimum Gasteiger partial charge on any atom is -0.496 e. The van der Waals surface area contributed by atoms with Crippen molar-refractivity contribution >= 4 is 0 Å². The molecule has 1 aromatic rings. The second-order valence-electron chi connectivity index (χ2n) is 5.93. The molecule has 2 rings (SSSR count). The zero-order valence-corrected chi connectivity index (χ0v) is 12.5. The fourth-order valence-electron chi connectivity index (χ4n) is 2.87. The van der Waals surface area contributed by atoms with Crippen LogP contribution in [0.2, 0.25) is 0 Å². The highest BCUT2D eigenvalue weighted by atomic mass is 16.5. The number of benzene rings is 1. The Bertz CT molecular complexity index is 450. The molecule has 0 aliphatic carbocycles. The van der Waals surface area contributed by atoms with Gasteiger partial charge in [-0.2, -0.15) is 0 Å². The smallest absolute Gasteiger partial charge is 0.122 e. The van der Waals surface area contributed by atoms with Crippen molar-refractivity contribution < 1.29 is 9.47 Å². The summed E-state index contributed by atoms with van der Waals surface area (Å²) < 4.78 is 10.9. The summed E-state index contributed by atoms with van der Waals surface area (Å²) in [6.45, 7) is 7.95. The molecular formula is C16H25NO2. The molecule has 0 radical (unpaired) electrons. The summed E-state index contributed by atoms with van der Waals surface area (Å²) in [5, 5.41) is 0. The van der Waals surface area contributed by atoms with Crippen LogP contribution in [-0.2, 0) is 10.2 Å². The number of nitrogens with two attached hydrogens (primary N) is 1. The van der Waals surface area contributed by atoms with Crippen molar-refractivity contribution in [3.05, 3.63) is 28.8 Å². The lowest BCUT2D eigenvalue weighted by Crippen LogP contribution is -2.48. The topological polar surface area (TPSA) is 44.5 Å². The van der Waals surface area contributed by atoms with Crippen molar-refractivity contribution in [3.8, 4) is 5.75 Å². The van der Waals surface area contributed by atoms with Gasteiger partial charge in [-0.05, 0) is 56.4 Å². The van der Waals surface area contributed by atoms with Crippen LogP contribution < -0.4 is 10.5 Å². The first-order valence-electron chi connectivity index (χ1n) is 6.97. The molecule has 106 valence electrons. The first-order valence-corrected chi connectivity index (χ1v) is 6.97. The second kappa shape index (κ2) is 5.51.